The Bertz CT molecular complexity index is 1730. The van der Waals surface area contributed by atoms with Crippen LogP contribution in [-0.2, 0) is 31.6 Å². The van der Waals surface area contributed by atoms with E-state index in [9.17, 15) is 20.0 Å². The molecule has 2 aliphatic rings. The molecule has 0 amide bonds. The molecular weight excluding hydrogens is 550 g/mol. The first-order valence-corrected chi connectivity index (χ1v) is 14.9. The maximum Gasteiger partial charge on any atom is 0.305 e. The summed E-state index contributed by atoms with van der Waals surface area (Å²) in [5.41, 5.74) is 7.84. The van der Waals surface area contributed by atoms with Gasteiger partial charge in [0.05, 0.1) is 23.5 Å². The van der Waals surface area contributed by atoms with Crippen LogP contribution in [0.1, 0.15) is 49.4 Å². The fourth-order valence-electron chi connectivity index (χ4n) is 6.70. The second-order valence-corrected chi connectivity index (χ2v) is 12.2. The Morgan fingerprint density at radius 2 is 1.77 bits per heavy atom. The van der Waals surface area contributed by atoms with Gasteiger partial charge in [-0.25, -0.2) is 0 Å². The molecule has 7 heteroatoms. The molecule has 1 atom stereocenters. The lowest BCUT2D eigenvalue weighted by molar-refractivity contribution is -0.440. The fraction of sp³-hybridized carbons (Fsp3) is 0.297. The molecule has 5 rings (SSSR count). The lowest BCUT2D eigenvalue weighted by atomic mass is 9.75. The van der Waals surface area contributed by atoms with Gasteiger partial charge in [-0.2, -0.15) is 9.84 Å². The van der Waals surface area contributed by atoms with Gasteiger partial charge in [0.15, 0.2) is 12.3 Å². The number of ether oxygens (including phenoxy) is 1. The van der Waals surface area contributed by atoms with Crippen molar-refractivity contribution in [3.63, 3.8) is 0 Å². The molecule has 3 aromatic rings. The van der Waals surface area contributed by atoms with Crippen LogP contribution in [0, 0.1) is 18.3 Å². The molecule has 1 N–H and O–H groups in total. The zero-order valence-corrected chi connectivity index (χ0v) is 25.7. The zero-order valence-electron chi connectivity index (χ0n) is 25.7. The second-order valence-electron chi connectivity index (χ2n) is 12.2. The molecule has 2 heterocycles. The number of benzene rings is 3. The third-order valence-electron chi connectivity index (χ3n) is 8.86. The van der Waals surface area contributed by atoms with Crippen LogP contribution in [0.4, 0.5) is 11.4 Å². The minimum absolute atomic E-state index is 0.0398. The van der Waals surface area contributed by atoms with Gasteiger partial charge in [0.2, 0.25) is 5.69 Å². The number of aryl methyl sites for hydroxylation is 1. The Labute approximate surface area is 259 Å². The molecule has 0 bridgehead atoms. The smallest absolute Gasteiger partial charge is 0.305 e. The molecule has 0 fully saturated rings. The Morgan fingerprint density at radius 3 is 2.48 bits per heavy atom. The highest BCUT2D eigenvalue weighted by Gasteiger charge is 2.46. The highest BCUT2D eigenvalue weighted by molar-refractivity contribution is 6.04. The van der Waals surface area contributed by atoms with Crippen LogP contribution in [-0.4, -0.2) is 47.5 Å². The number of nitrogens with zero attached hydrogens (tertiary/aromatic N) is 3. The van der Waals surface area contributed by atoms with E-state index in [0.717, 1.165) is 45.0 Å². The van der Waals surface area contributed by atoms with E-state index in [2.05, 4.69) is 73.6 Å². The van der Waals surface area contributed by atoms with Crippen LogP contribution >= 0.6 is 0 Å². The summed E-state index contributed by atoms with van der Waals surface area (Å²) in [5, 5.41) is 20.2. The first kappa shape index (κ1) is 30.5. The van der Waals surface area contributed by atoms with E-state index in [-0.39, 0.29) is 19.6 Å². The third kappa shape index (κ3) is 5.68. The highest BCUT2D eigenvalue weighted by atomic mass is 16.5. The summed E-state index contributed by atoms with van der Waals surface area (Å²) >= 11 is 0. The van der Waals surface area contributed by atoms with E-state index in [1.807, 2.05) is 54.6 Å². The molecule has 2 aliphatic heterocycles. The van der Waals surface area contributed by atoms with Gasteiger partial charge in [-0.05, 0) is 57.4 Å². The topological polar surface area (TPSA) is 93.6 Å². The molecular formula is C37H38N3O4+. The number of carbonyl (C=O) groups excluding carboxylic acids is 1. The van der Waals surface area contributed by atoms with Gasteiger partial charge < -0.3 is 14.7 Å². The van der Waals surface area contributed by atoms with E-state index >= 15 is 0 Å². The van der Waals surface area contributed by atoms with Gasteiger partial charge in [-0.3, -0.25) is 9.59 Å². The molecule has 0 saturated carbocycles. The summed E-state index contributed by atoms with van der Waals surface area (Å²) in [7, 11) is 0. The van der Waals surface area contributed by atoms with Gasteiger partial charge in [-0.1, -0.05) is 66.2 Å². The van der Waals surface area contributed by atoms with Gasteiger partial charge >= 0.3 is 5.97 Å². The molecule has 0 saturated heterocycles. The van der Waals surface area contributed by atoms with E-state index < -0.39 is 16.8 Å². The van der Waals surface area contributed by atoms with Crippen molar-refractivity contribution < 1.29 is 24.0 Å². The van der Waals surface area contributed by atoms with Crippen molar-refractivity contribution >= 4 is 29.5 Å². The molecule has 44 heavy (non-hydrogen) atoms. The minimum Gasteiger partial charge on any atom is -0.481 e. The number of anilines is 1. The normalized spacial score (nSPS) is 19.5. The summed E-state index contributed by atoms with van der Waals surface area (Å²) < 4.78 is 7.19. The van der Waals surface area contributed by atoms with Crippen molar-refractivity contribution in [3.8, 4) is 6.07 Å². The number of rotatable bonds is 11. The highest BCUT2D eigenvalue weighted by Crippen LogP contribution is 2.50. The quantitative estimate of drug-likeness (QED) is 0.121. The van der Waals surface area contributed by atoms with Gasteiger partial charge in [0, 0.05) is 41.1 Å². The average molecular weight is 589 g/mol. The number of carbonyl (C=O) groups is 2. The number of aliphatic carboxylic acids is 1. The maximum absolute atomic E-state index is 11.8. The number of allylic oxidation sites excluding steroid dienone is 4. The van der Waals surface area contributed by atoms with Gasteiger partial charge in [-0.15, -0.1) is 0 Å². The van der Waals surface area contributed by atoms with Gasteiger partial charge in [0.1, 0.15) is 6.61 Å². The van der Waals surface area contributed by atoms with Crippen LogP contribution < -0.4 is 4.90 Å². The zero-order chi connectivity index (χ0) is 31.5. The Kier molecular flexibility index (Phi) is 8.55. The van der Waals surface area contributed by atoms with Crippen LogP contribution in [0.3, 0.4) is 0 Å². The van der Waals surface area contributed by atoms with Crippen molar-refractivity contribution in [2.24, 2.45) is 0 Å². The Hall–Kier alpha value is -4.96. The molecule has 0 aromatic heterocycles. The van der Waals surface area contributed by atoms with Crippen molar-refractivity contribution in [2.75, 3.05) is 24.6 Å². The van der Waals surface area contributed by atoms with E-state index in [4.69, 9.17) is 4.74 Å². The number of para-hydroxylation sites is 1. The minimum atomic E-state index is -0.875. The third-order valence-corrected chi connectivity index (χ3v) is 8.86. The second kappa shape index (κ2) is 12.3. The van der Waals surface area contributed by atoms with Crippen molar-refractivity contribution in [2.45, 2.75) is 51.4 Å². The molecule has 1 unspecified atom stereocenters. The number of carboxylic acids is 1. The standard InChI is InChI=1S/C37H37N3O4/c1-26-14-15-32-30(20-26)37(4,23-27-10-6-5-7-11-27)34(39(32)17-16-35(42)43)22-28(24-38)21-33-36(2,3)29-12-8-9-13-31(29)40(33)18-19-44-25-41/h5-15,20-22,25H,16-19,23H2,1-4H3/p+1. The molecule has 0 aliphatic carbocycles. The predicted molar refractivity (Wildman–Crippen MR) is 171 cm³/mol. The first-order valence-electron chi connectivity index (χ1n) is 14.9. The number of nitriles is 1. The molecule has 3 aromatic carbocycles. The van der Waals surface area contributed by atoms with Crippen LogP contribution in [0.5, 0.6) is 0 Å². The lowest BCUT2D eigenvalue weighted by Crippen LogP contribution is -2.32. The summed E-state index contributed by atoms with van der Waals surface area (Å²) in [5.74, 6) is -0.875. The van der Waals surface area contributed by atoms with Gasteiger partial charge in [0.25, 0.3) is 6.47 Å². The monoisotopic (exact) mass is 588 g/mol. The Balaban J connectivity index is 1.70. The fourth-order valence-corrected chi connectivity index (χ4v) is 6.70. The largest absolute Gasteiger partial charge is 0.481 e. The van der Waals surface area contributed by atoms with Crippen LogP contribution in [0.25, 0.3) is 0 Å². The number of hydrogen-bond acceptors (Lipinski definition) is 5. The van der Waals surface area contributed by atoms with E-state index in [1.54, 1.807) is 0 Å². The number of carboxylic acid groups (broad SMARTS) is 1. The van der Waals surface area contributed by atoms with Crippen molar-refractivity contribution in [1.82, 2.24) is 0 Å². The Morgan fingerprint density at radius 1 is 1.05 bits per heavy atom. The number of hydrogen-bond donors (Lipinski definition) is 1. The summed E-state index contributed by atoms with van der Waals surface area (Å²) in [6.45, 7) is 9.90. The average Bonchev–Trinajstić information content (AvgIpc) is 3.35. The SMILES string of the molecule is Cc1ccc2c(c1)C(C)(Cc1ccccc1)C(=C/C(C#N)=C/C1=[N+](CCOC=O)c3ccccc3C1(C)C)N2CCC(=O)O. The molecule has 0 radical (unpaired) electrons. The molecule has 224 valence electrons. The van der Waals surface area contributed by atoms with E-state index in [1.165, 1.54) is 0 Å². The first-order chi connectivity index (χ1) is 21.1. The summed E-state index contributed by atoms with van der Waals surface area (Å²) in [6, 6.07) is 27.1. The number of fused-ring (bicyclic) bond motifs is 2. The summed E-state index contributed by atoms with van der Waals surface area (Å²) in [4.78, 5) is 24.8. The van der Waals surface area contributed by atoms with Crippen LogP contribution in [0.2, 0.25) is 0 Å². The van der Waals surface area contributed by atoms with Crippen molar-refractivity contribution in [3.05, 3.63) is 118 Å². The maximum atomic E-state index is 11.8. The predicted octanol–water partition coefficient (Wildman–Crippen LogP) is 6.37. The lowest BCUT2D eigenvalue weighted by Gasteiger charge is -2.31. The summed E-state index contributed by atoms with van der Waals surface area (Å²) in [6.07, 6.45) is 4.51. The van der Waals surface area contributed by atoms with Crippen LogP contribution in [0.15, 0.2) is 96.2 Å². The van der Waals surface area contributed by atoms with Crippen molar-refractivity contribution in [1.29, 1.82) is 5.26 Å². The van der Waals surface area contributed by atoms with E-state index in [0.29, 0.717) is 25.0 Å². The molecule has 7 nitrogen and oxygen atoms in total. The molecule has 0 spiro atoms.